The highest BCUT2D eigenvalue weighted by Gasteiger charge is 2.02. The van der Waals surface area contributed by atoms with Crippen molar-refractivity contribution in [2.75, 3.05) is 5.73 Å². The van der Waals surface area contributed by atoms with Gasteiger partial charge in [-0.25, -0.2) is 5.43 Å². The maximum absolute atomic E-state index is 11.7. The largest absolute Gasteiger partial charge is 0.399 e. The SMILES string of the molecule is Nc1ccc(C(=O)NN=Cc2ccc(Br)cc2)cc1. The van der Waals surface area contributed by atoms with Gasteiger partial charge in [0.25, 0.3) is 5.91 Å². The van der Waals surface area contributed by atoms with Crippen LogP contribution in [0.15, 0.2) is 58.1 Å². The summed E-state index contributed by atoms with van der Waals surface area (Å²) in [4.78, 5) is 11.7. The number of nitrogens with one attached hydrogen (secondary N) is 1. The normalized spacial score (nSPS) is 10.6. The van der Waals surface area contributed by atoms with Crippen molar-refractivity contribution in [2.24, 2.45) is 5.10 Å². The van der Waals surface area contributed by atoms with Gasteiger partial charge in [0.15, 0.2) is 0 Å². The fourth-order valence-corrected chi connectivity index (χ4v) is 1.68. The molecule has 2 rings (SSSR count). The number of anilines is 1. The minimum absolute atomic E-state index is 0.270. The van der Waals surface area contributed by atoms with Crippen LogP contribution < -0.4 is 11.2 Å². The Labute approximate surface area is 119 Å². The molecule has 0 unspecified atom stereocenters. The first-order valence-corrected chi connectivity index (χ1v) is 6.39. The third-order valence-corrected chi connectivity index (χ3v) is 2.95. The number of hydrazone groups is 1. The lowest BCUT2D eigenvalue weighted by molar-refractivity contribution is 0.0955. The molecule has 0 heterocycles. The number of benzene rings is 2. The van der Waals surface area contributed by atoms with Gasteiger partial charge in [-0.05, 0) is 42.0 Å². The van der Waals surface area contributed by atoms with E-state index in [1.807, 2.05) is 24.3 Å². The van der Waals surface area contributed by atoms with Gasteiger partial charge in [0.1, 0.15) is 0 Å². The minimum atomic E-state index is -0.270. The standard InChI is InChI=1S/C14H12BrN3O/c15-12-5-1-10(2-6-12)9-17-18-14(19)11-3-7-13(16)8-4-11/h1-9H,16H2,(H,18,19). The van der Waals surface area contributed by atoms with Crippen molar-refractivity contribution in [3.63, 3.8) is 0 Å². The van der Waals surface area contributed by atoms with Gasteiger partial charge in [-0.1, -0.05) is 28.1 Å². The second kappa shape index (κ2) is 6.15. The Morgan fingerprint density at radius 3 is 2.37 bits per heavy atom. The number of amides is 1. The molecule has 0 aromatic heterocycles. The van der Waals surface area contributed by atoms with Crippen molar-refractivity contribution in [1.29, 1.82) is 0 Å². The molecular weight excluding hydrogens is 306 g/mol. The lowest BCUT2D eigenvalue weighted by Gasteiger charge is -2.00. The van der Waals surface area contributed by atoms with Crippen molar-refractivity contribution in [3.8, 4) is 0 Å². The monoisotopic (exact) mass is 317 g/mol. The molecule has 0 saturated heterocycles. The molecule has 0 atom stereocenters. The van der Waals surface area contributed by atoms with Gasteiger partial charge in [-0.15, -0.1) is 0 Å². The summed E-state index contributed by atoms with van der Waals surface area (Å²) >= 11 is 3.35. The van der Waals surface area contributed by atoms with E-state index in [1.54, 1.807) is 30.5 Å². The van der Waals surface area contributed by atoms with E-state index in [4.69, 9.17) is 5.73 Å². The fraction of sp³-hybridized carbons (Fsp3) is 0. The fourth-order valence-electron chi connectivity index (χ4n) is 1.41. The minimum Gasteiger partial charge on any atom is -0.399 e. The first kappa shape index (κ1) is 13.3. The first-order valence-electron chi connectivity index (χ1n) is 5.59. The average Bonchev–Trinajstić information content (AvgIpc) is 2.41. The maximum Gasteiger partial charge on any atom is 0.271 e. The first-order chi connectivity index (χ1) is 9.15. The van der Waals surface area contributed by atoms with Crippen molar-refractivity contribution < 1.29 is 4.79 Å². The molecular formula is C14H12BrN3O. The van der Waals surface area contributed by atoms with Crippen molar-refractivity contribution in [1.82, 2.24) is 5.43 Å². The Kier molecular flexibility index (Phi) is 4.30. The zero-order valence-electron chi connectivity index (χ0n) is 10.0. The smallest absolute Gasteiger partial charge is 0.271 e. The van der Waals surface area contributed by atoms with E-state index in [-0.39, 0.29) is 5.91 Å². The van der Waals surface area contributed by atoms with Crippen LogP contribution in [0, 0.1) is 0 Å². The molecule has 2 aromatic rings. The topological polar surface area (TPSA) is 67.5 Å². The van der Waals surface area contributed by atoms with Crippen LogP contribution in [0.5, 0.6) is 0 Å². The van der Waals surface area contributed by atoms with Gasteiger partial charge in [-0.2, -0.15) is 5.10 Å². The van der Waals surface area contributed by atoms with E-state index in [0.29, 0.717) is 11.3 Å². The Morgan fingerprint density at radius 2 is 1.74 bits per heavy atom. The summed E-state index contributed by atoms with van der Waals surface area (Å²) in [5.74, 6) is -0.270. The number of nitrogen functional groups attached to an aromatic ring is 1. The maximum atomic E-state index is 11.7. The van der Waals surface area contributed by atoms with Crippen LogP contribution >= 0.6 is 15.9 Å². The third kappa shape index (κ3) is 3.93. The van der Waals surface area contributed by atoms with Crippen LogP contribution in [0.4, 0.5) is 5.69 Å². The summed E-state index contributed by atoms with van der Waals surface area (Å²) < 4.78 is 0.996. The Bertz CT molecular complexity index is 591. The predicted molar refractivity (Wildman–Crippen MR) is 80.1 cm³/mol. The van der Waals surface area contributed by atoms with E-state index >= 15 is 0 Å². The third-order valence-electron chi connectivity index (χ3n) is 2.42. The van der Waals surface area contributed by atoms with Gasteiger partial charge < -0.3 is 5.73 Å². The van der Waals surface area contributed by atoms with E-state index in [0.717, 1.165) is 10.0 Å². The highest BCUT2D eigenvalue weighted by molar-refractivity contribution is 9.10. The van der Waals surface area contributed by atoms with E-state index < -0.39 is 0 Å². The van der Waals surface area contributed by atoms with Gasteiger partial charge in [0.2, 0.25) is 0 Å². The summed E-state index contributed by atoms with van der Waals surface area (Å²) in [6.45, 7) is 0. The van der Waals surface area contributed by atoms with Gasteiger partial charge in [0.05, 0.1) is 6.21 Å². The lowest BCUT2D eigenvalue weighted by atomic mass is 10.2. The van der Waals surface area contributed by atoms with Gasteiger partial charge in [-0.3, -0.25) is 4.79 Å². The number of nitrogens with zero attached hydrogens (tertiary/aromatic N) is 1. The van der Waals surface area contributed by atoms with E-state index in [2.05, 4.69) is 26.5 Å². The average molecular weight is 318 g/mol. The van der Waals surface area contributed by atoms with E-state index in [9.17, 15) is 4.79 Å². The number of nitrogens with two attached hydrogens (primary N) is 1. The van der Waals surface area contributed by atoms with E-state index in [1.165, 1.54) is 0 Å². The van der Waals surface area contributed by atoms with Crippen molar-refractivity contribution in [3.05, 3.63) is 64.1 Å². The molecule has 3 N–H and O–H groups in total. The Morgan fingerprint density at radius 1 is 1.11 bits per heavy atom. The van der Waals surface area contributed by atoms with Crippen LogP contribution in [0.25, 0.3) is 0 Å². The summed E-state index contributed by atoms with van der Waals surface area (Å²) in [6, 6.07) is 14.2. The molecule has 0 aliphatic rings. The molecule has 0 spiro atoms. The molecule has 19 heavy (non-hydrogen) atoms. The molecule has 0 aliphatic heterocycles. The highest BCUT2D eigenvalue weighted by Crippen LogP contribution is 2.09. The van der Waals surface area contributed by atoms with Crippen molar-refractivity contribution >= 4 is 33.7 Å². The van der Waals surface area contributed by atoms with Crippen molar-refractivity contribution in [2.45, 2.75) is 0 Å². The Balaban J connectivity index is 1.96. The molecule has 0 radical (unpaired) electrons. The number of carbonyl (C=O) groups excluding carboxylic acids is 1. The number of rotatable bonds is 3. The Hall–Kier alpha value is -2.14. The van der Waals surface area contributed by atoms with Gasteiger partial charge in [0, 0.05) is 15.7 Å². The van der Waals surface area contributed by atoms with Gasteiger partial charge >= 0.3 is 0 Å². The molecule has 0 fully saturated rings. The van der Waals surface area contributed by atoms with Crippen LogP contribution in [0.2, 0.25) is 0 Å². The molecule has 4 nitrogen and oxygen atoms in total. The molecule has 1 amide bonds. The predicted octanol–water partition coefficient (Wildman–Crippen LogP) is 2.80. The van der Waals surface area contributed by atoms with Crippen LogP contribution in [-0.2, 0) is 0 Å². The number of carbonyl (C=O) groups is 1. The molecule has 2 aromatic carbocycles. The molecule has 0 bridgehead atoms. The zero-order chi connectivity index (χ0) is 13.7. The summed E-state index contributed by atoms with van der Waals surface area (Å²) in [6.07, 6.45) is 1.58. The second-order valence-electron chi connectivity index (χ2n) is 3.87. The zero-order valence-corrected chi connectivity index (χ0v) is 11.6. The number of halogens is 1. The lowest BCUT2D eigenvalue weighted by Crippen LogP contribution is -2.17. The molecule has 0 aliphatic carbocycles. The summed E-state index contributed by atoms with van der Waals surface area (Å²) in [5.41, 5.74) is 10.0. The number of hydrogen-bond acceptors (Lipinski definition) is 3. The number of hydrogen-bond donors (Lipinski definition) is 2. The summed E-state index contributed by atoms with van der Waals surface area (Å²) in [5, 5.41) is 3.90. The molecule has 0 saturated carbocycles. The van der Waals surface area contributed by atoms with Crippen LogP contribution in [0.1, 0.15) is 15.9 Å². The molecule has 96 valence electrons. The van der Waals surface area contributed by atoms with Crippen LogP contribution in [0.3, 0.4) is 0 Å². The van der Waals surface area contributed by atoms with Crippen LogP contribution in [-0.4, -0.2) is 12.1 Å². The second-order valence-corrected chi connectivity index (χ2v) is 4.79. The summed E-state index contributed by atoms with van der Waals surface area (Å²) in [7, 11) is 0. The quantitative estimate of drug-likeness (QED) is 0.519. The molecule has 5 heteroatoms. The highest BCUT2D eigenvalue weighted by atomic mass is 79.9.